The number of nitrogens with two attached hydrogens (primary N) is 1. The molecule has 3 N–H and O–H groups in total. The van der Waals surface area contributed by atoms with Crippen molar-refractivity contribution in [2.24, 2.45) is 0 Å². The van der Waals surface area contributed by atoms with Gasteiger partial charge in [0.15, 0.2) is 6.61 Å². The third-order valence-corrected chi connectivity index (χ3v) is 2.24. The summed E-state index contributed by atoms with van der Waals surface area (Å²) in [7, 11) is 1.29. The van der Waals surface area contributed by atoms with Crippen LogP contribution in [0.4, 0.5) is 5.69 Å². The van der Waals surface area contributed by atoms with Crippen molar-refractivity contribution in [1.82, 2.24) is 5.32 Å². The molecule has 0 aliphatic carbocycles. The van der Waals surface area contributed by atoms with E-state index in [0.717, 1.165) is 0 Å². The van der Waals surface area contributed by atoms with E-state index in [1.807, 2.05) is 13.8 Å². The number of methoxy groups -OCH3 is 1. The maximum absolute atomic E-state index is 11.4. The van der Waals surface area contributed by atoms with Crippen LogP contribution < -0.4 is 15.8 Å². The summed E-state index contributed by atoms with van der Waals surface area (Å²) in [6, 6.07) is 4.54. The average Bonchev–Trinajstić information content (AvgIpc) is 2.36. The number of carbonyl (C=O) groups is 2. The van der Waals surface area contributed by atoms with Crippen molar-refractivity contribution in [1.29, 1.82) is 0 Å². The van der Waals surface area contributed by atoms with Gasteiger partial charge in [-0.2, -0.15) is 0 Å². The Bertz CT molecular complexity index is 472. The summed E-state index contributed by atoms with van der Waals surface area (Å²) in [5, 5.41) is 2.68. The third kappa shape index (κ3) is 4.50. The molecule has 0 atom stereocenters. The van der Waals surface area contributed by atoms with Crippen LogP contribution in [-0.2, 0) is 9.53 Å². The summed E-state index contributed by atoms with van der Waals surface area (Å²) >= 11 is 0. The first-order valence-electron chi connectivity index (χ1n) is 5.84. The number of carbonyl (C=O) groups excluding carboxylic acids is 2. The summed E-state index contributed by atoms with van der Waals surface area (Å²) in [5.41, 5.74) is 6.38. The minimum atomic E-state index is -0.489. The highest BCUT2D eigenvalue weighted by molar-refractivity contribution is 5.90. The Morgan fingerprint density at radius 1 is 1.37 bits per heavy atom. The van der Waals surface area contributed by atoms with Gasteiger partial charge in [-0.3, -0.25) is 4.79 Å². The van der Waals surface area contributed by atoms with Crippen molar-refractivity contribution in [2.45, 2.75) is 19.9 Å². The molecule has 0 aliphatic rings. The average molecular weight is 266 g/mol. The van der Waals surface area contributed by atoms with Gasteiger partial charge in [0.05, 0.1) is 18.4 Å². The van der Waals surface area contributed by atoms with E-state index in [1.54, 1.807) is 0 Å². The number of ether oxygens (including phenoxy) is 2. The molecule has 0 spiro atoms. The number of esters is 1. The van der Waals surface area contributed by atoms with Crippen molar-refractivity contribution < 1.29 is 19.1 Å². The summed E-state index contributed by atoms with van der Waals surface area (Å²) in [4.78, 5) is 22.8. The van der Waals surface area contributed by atoms with E-state index < -0.39 is 5.97 Å². The number of benzene rings is 1. The van der Waals surface area contributed by atoms with Crippen LogP contribution in [0, 0.1) is 0 Å². The number of nitrogens with one attached hydrogen (secondary N) is 1. The van der Waals surface area contributed by atoms with Crippen LogP contribution in [0.3, 0.4) is 0 Å². The molecule has 1 aromatic carbocycles. The van der Waals surface area contributed by atoms with Crippen LogP contribution in [0.25, 0.3) is 0 Å². The molecule has 0 saturated heterocycles. The van der Waals surface area contributed by atoms with Gasteiger partial charge in [-0.05, 0) is 32.0 Å². The number of amides is 1. The first kappa shape index (κ1) is 14.8. The van der Waals surface area contributed by atoms with Gasteiger partial charge in [0.2, 0.25) is 0 Å². The second-order valence-corrected chi connectivity index (χ2v) is 4.26. The predicted octanol–water partition coefficient (Wildman–Crippen LogP) is 0.959. The van der Waals surface area contributed by atoms with E-state index in [1.165, 1.54) is 25.3 Å². The highest BCUT2D eigenvalue weighted by Crippen LogP contribution is 2.23. The van der Waals surface area contributed by atoms with Gasteiger partial charge >= 0.3 is 5.97 Å². The third-order valence-electron chi connectivity index (χ3n) is 2.24. The second kappa shape index (κ2) is 6.63. The van der Waals surface area contributed by atoms with Crippen LogP contribution in [-0.4, -0.2) is 31.6 Å². The number of rotatable bonds is 5. The quantitative estimate of drug-likeness (QED) is 0.612. The number of anilines is 1. The first-order chi connectivity index (χ1) is 8.93. The number of hydrogen-bond donors (Lipinski definition) is 2. The highest BCUT2D eigenvalue weighted by Gasteiger charge is 2.11. The highest BCUT2D eigenvalue weighted by atomic mass is 16.5. The molecule has 1 rings (SSSR count). The van der Waals surface area contributed by atoms with Gasteiger partial charge in [-0.25, -0.2) is 4.79 Å². The van der Waals surface area contributed by atoms with E-state index in [9.17, 15) is 9.59 Å². The maximum atomic E-state index is 11.4. The fourth-order valence-corrected chi connectivity index (χ4v) is 1.41. The summed E-state index contributed by atoms with van der Waals surface area (Å²) in [6.45, 7) is 3.54. The van der Waals surface area contributed by atoms with Gasteiger partial charge in [0.1, 0.15) is 5.75 Å². The number of hydrogen-bond acceptors (Lipinski definition) is 5. The Morgan fingerprint density at radius 3 is 2.63 bits per heavy atom. The zero-order valence-corrected chi connectivity index (χ0v) is 11.2. The molecule has 0 saturated carbocycles. The van der Waals surface area contributed by atoms with E-state index >= 15 is 0 Å². The summed E-state index contributed by atoms with van der Waals surface area (Å²) < 4.78 is 9.88. The molecule has 19 heavy (non-hydrogen) atoms. The molecule has 0 aliphatic heterocycles. The Labute approximate surface area is 111 Å². The minimum absolute atomic E-state index is 0.0369. The molecule has 0 radical (unpaired) electrons. The van der Waals surface area contributed by atoms with Crippen LogP contribution in [0.2, 0.25) is 0 Å². The Kier molecular flexibility index (Phi) is 5.17. The van der Waals surface area contributed by atoms with Crippen LogP contribution in [0.1, 0.15) is 24.2 Å². The van der Waals surface area contributed by atoms with Crippen molar-refractivity contribution in [2.75, 3.05) is 19.5 Å². The lowest BCUT2D eigenvalue weighted by Gasteiger charge is -2.11. The summed E-state index contributed by atoms with van der Waals surface area (Å²) in [6.07, 6.45) is 0. The lowest BCUT2D eigenvalue weighted by Crippen LogP contribution is -2.34. The van der Waals surface area contributed by atoms with Crippen LogP contribution in [0.15, 0.2) is 18.2 Å². The van der Waals surface area contributed by atoms with Crippen molar-refractivity contribution in [3.8, 4) is 5.75 Å². The molecule has 0 aromatic heterocycles. The fraction of sp³-hybridized carbons (Fsp3) is 0.385. The number of nitrogen functional groups attached to an aromatic ring is 1. The van der Waals surface area contributed by atoms with Gasteiger partial charge in [-0.15, -0.1) is 0 Å². The first-order valence-corrected chi connectivity index (χ1v) is 5.84. The van der Waals surface area contributed by atoms with E-state index in [2.05, 4.69) is 10.1 Å². The van der Waals surface area contributed by atoms with Crippen molar-refractivity contribution in [3.63, 3.8) is 0 Å². The Hall–Kier alpha value is -2.24. The fourth-order valence-electron chi connectivity index (χ4n) is 1.41. The monoisotopic (exact) mass is 266 g/mol. The van der Waals surface area contributed by atoms with E-state index in [-0.39, 0.29) is 24.3 Å². The molecular weight excluding hydrogens is 248 g/mol. The zero-order valence-electron chi connectivity index (χ0n) is 11.2. The molecule has 6 nitrogen and oxygen atoms in total. The van der Waals surface area contributed by atoms with Gasteiger partial charge in [-0.1, -0.05) is 0 Å². The normalized spacial score (nSPS) is 10.1. The second-order valence-electron chi connectivity index (χ2n) is 4.26. The molecule has 1 aromatic rings. The SMILES string of the molecule is COC(=O)c1ccc(N)c(OCC(=O)NC(C)C)c1. The van der Waals surface area contributed by atoms with Gasteiger partial charge in [0, 0.05) is 6.04 Å². The Morgan fingerprint density at radius 2 is 2.05 bits per heavy atom. The molecule has 0 bridgehead atoms. The molecular formula is C13H18N2O4. The standard InChI is InChI=1S/C13H18N2O4/c1-8(2)15-12(16)7-19-11-6-9(13(17)18-3)4-5-10(11)14/h4-6,8H,7,14H2,1-3H3,(H,15,16). The smallest absolute Gasteiger partial charge is 0.337 e. The molecule has 1 amide bonds. The molecule has 0 unspecified atom stereocenters. The summed E-state index contributed by atoms with van der Waals surface area (Å²) in [5.74, 6) is -0.462. The molecule has 0 fully saturated rings. The van der Waals surface area contributed by atoms with Crippen molar-refractivity contribution in [3.05, 3.63) is 23.8 Å². The van der Waals surface area contributed by atoms with Crippen molar-refractivity contribution >= 4 is 17.6 Å². The van der Waals surface area contributed by atoms with Crippen LogP contribution in [0.5, 0.6) is 5.75 Å². The molecule has 104 valence electrons. The lowest BCUT2D eigenvalue weighted by molar-refractivity contribution is -0.123. The van der Waals surface area contributed by atoms with E-state index in [0.29, 0.717) is 11.3 Å². The lowest BCUT2D eigenvalue weighted by atomic mass is 10.2. The maximum Gasteiger partial charge on any atom is 0.337 e. The minimum Gasteiger partial charge on any atom is -0.482 e. The largest absolute Gasteiger partial charge is 0.482 e. The zero-order chi connectivity index (χ0) is 14.4. The molecule has 0 heterocycles. The molecule has 6 heteroatoms. The van der Waals surface area contributed by atoms with Gasteiger partial charge < -0.3 is 20.5 Å². The van der Waals surface area contributed by atoms with E-state index in [4.69, 9.17) is 10.5 Å². The van der Waals surface area contributed by atoms with Gasteiger partial charge in [0.25, 0.3) is 5.91 Å². The topological polar surface area (TPSA) is 90.7 Å². The predicted molar refractivity (Wildman–Crippen MR) is 71.0 cm³/mol. The Balaban J connectivity index is 2.72. The van der Waals surface area contributed by atoms with Crippen LogP contribution >= 0.6 is 0 Å².